The highest BCUT2D eigenvalue weighted by Gasteiger charge is 2.45. The SMILES string of the molecule is CC(C)N1CCOC(C(O)C2CCOC3(CCC3)C2)C1. The third kappa shape index (κ3) is 2.89. The first-order valence-electron chi connectivity index (χ1n) is 8.27. The molecule has 3 aliphatic rings. The third-order valence-corrected chi connectivity index (χ3v) is 5.51. The second kappa shape index (κ2) is 5.91. The maximum absolute atomic E-state index is 10.7. The van der Waals surface area contributed by atoms with E-state index in [0.29, 0.717) is 12.0 Å². The summed E-state index contributed by atoms with van der Waals surface area (Å²) in [4.78, 5) is 2.41. The molecule has 0 radical (unpaired) electrons. The van der Waals surface area contributed by atoms with Gasteiger partial charge in [-0.2, -0.15) is 0 Å². The van der Waals surface area contributed by atoms with Gasteiger partial charge in [-0.15, -0.1) is 0 Å². The van der Waals surface area contributed by atoms with Crippen LogP contribution >= 0.6 is 0 Å². The van der Waals surface area contributed by atoms with Crippen molar-refractivity contribution in [2.45, 2.75) is 69.8 Å². The number of hydrogen-bond acceptors (Lipinski definition) is 4. The average Bonchev–Trinajstić information content (AvgIpc) is 2.45. The predicted octanol–water partition coefficient (Wildman–Crippen LogP) is 1.81. The van der Waals surface area contributed by atoms with Crippen molar-refractivity contribution in [3.63, 3.8) is 0 Å². The van der Waals surface area contributed by atoms with Gasteiger partial charge in [0.05, 0.1) is 24.4 Å². The van der Waals surface area contributed by atoms with Gasteiger partial charge in [0.2, 0.25) is 0 Å². The van der Waals surface area contributed by atoms with Crippen molar-refractivity contribution in [3.8, 4) is 0 Å². The van der Waals surface area contributed by atoms with Crippen LogP contribution in [-0.4, -0.2) is 60.2 Å². The topological polar surface area (TPSA) is 41.9 Å². The molecule has 0 aromatic carbocycles. The molecule has 1 spiro atoms. The number of morpholine rings is 1. The Kier molecular flexibility index (Phi) is 4.37. The van der Waals surface area contributed by atoms with E-state index in [1.54, 1.807) is 0 Å². The molecule has 1 saturated carbocycles. The second-order valence-corrected chi connectivity index (χ2v) is 7.13. The summed E-state index contributed by atoms with van der Waals surface area (Å²) in [6, 6.07) is 0.529. The molecule has 4 nitrogen and oxygen atoms in total. The fourth-order valence-electron chi connectivity index (χ4n) is 3.95. The van der Waals surface area contributed by atoms with Crippen molar-refractivity contribution in [2.75, 3.05) is 26.3 Å². The molecule has 0 amide bonds. The van der Waals surface area contributed by atoms with Crippen LogP contribution in [0.5, 0.6) is 0 Å². The van der Waals surface area contributed by atoms with Crippen molar-refractivity contribution in [3.05, 3.63) is 0 Å². The smallest absolute Gasteiger partial charge is 0.0963 e. The third-order valence-electron chi connectivity index (χ3n) is 5.51. The lowest BCUT2D eigenvalue weighted by atomic mass is 9.70. The van der Waals surface area contributed by atoms with Crippen LogP contribution in [0.4, 0.5) is 0 Å². The Balaban J connectivity index is 1.58. The summed E-state index contributed by atoms with van der Waals surface area (Å²) in [5.41, 5.74) is 0.107. The Morgan fingerprint density at radius 1 is 1.25 bits per heavy atom. The lowest BCUT2D eigenvalue weighted by Gasteiger charge is -2.49. The monoisotopic (exact) mass is 283 g/mol. The Bertz CT molecular complexity index is 330. The normalized spacial score (nSPS) is 36.0. The minimum absolute atomic E-state index is 0.0219. The summed E-state index contributed by atoms with van der Waals surface area (Å²) >= 11 is 0. The summed E-state index contributed by atoms with van der Waals surface area (Å²) in [6.07, 6.45) is 5.29. The van der Waals surface area contributed by atoms with E-state index in [-0.39, 0.29) is 17.8 Å². The van der Waals surface area contributed by atoms with E-state index in [2.05, 4.69) is 18.7 Å². The molecule has 1 N–H and O–H groups in total. The van der Waals surface area contributed by atoms with E-state index in [4.69, 9.17) is 9.47 Å². The molecule has 3 fully saturated rings. The Morgan fingerprint density at radius 2 is 2.05 bits per heavy atom. The van der Waals surface area contributed by atoms with E-state index < -0.39 is 0 Å². The van der Waals surface area contributed by atoms with Crippen LogP contribution < -0.4 is 0 Å². The zero-order valence-corrected chi connectivity index (χ0v) is 12.9. The fourth-order valence-corrected chi connectivity index (χ4v) is 3.95. The molecule has 2 aliphatic heterocycles. The highest BCUT2D eigenvalue weighted by atomic mass is 16.5. The van der Waals surface area contributed by atoms with Crippen LogP contribution in [0.15, 0.2) is 0 Å². The van der Waals surface area contributed by atoms with Crippen LogP contribution in [0.1, 0.15) is 46.0 Å². The highest BCUT2D eigenvalue weighted by molar-refractivity contribution is 4.97. The maximum atomic E-state index is 10.7. The first-order chi connectivity index (χ1) is 9.60. The Labute approximate surface area is 122 Å². The Hall–Kier alpha value is -0.160. The molecule has 3 rings (SSSR count). The van der Waals surface area contributed by atoms with Crippen LogP contribution in [0.3, 0.4) is 0 Å². The number of nitrogens with zero attached hydrogens (tertiary/aromatic N) is 1. The van der Waals surface area contributed by atoms with Gasteiger partial charge >= 0.3 is 0 Å². The summed E-state index contributed by atoms with van der Waals surface area (Å²) in [7, 11) is 0. The molecule has 2 heterocycles. The van der Waals surface area contributed by atoms with Crippen molar-refractivity contribution in [1.82, 2.24) is 4.90 Å². The van der Waals surface area contributed by atoms with Crippen LogP contribution in [0.2, 0.25) is 0 Å². The largest absolute Gasteiger partial charge is 0.390 e. The highest BCUT2D eigenvalue weighted by Crippen LogP contribution is 2.45. The van der Waals surface area contributed by atoms with Crippen LogP contribution in [0, 0.1) is 5.92 Å². The molecule has 0 bridgehead atoms. The number of aliphatic hydroxyl groups is 1. The van der Waals surface area contributed by atoms with Crippen LogP contribution in [-0.2, 0) is 9.47 Å². The van der Waals surface area contributed by atoms with E-state index in [1.165, 1.54) is 19.3 Å². The van der Waals surface area contributed by atoms with Gasteiger partial charge in [-0.3, -0.25) is 4.90 Å². The maximum Gasteiger partial charge on any atom is 0.0963 e. The standard InChI is InChI=1S/C16H29NO3/c1-12(2)17-7-9-19-14(11-17)15(18)13-4-8-20-16(10-13)5-3-6-16/h12-15,18H,3-11H2,1-2H3. The quantitative estimate of drug-likeness (QED) is 0.858. The van der Waals surface area contributed by atoms with Gasteiger partial charge in [-0.05, 0) is 51.9 Å². The summed E-state index contributed by atoms with van der Waals surface area (Å²) in [5.74, 6) is 0.348. The summed E-state index contributed by atoms with van der Waals surface area (Å²) in [5, 5.41) is 10.7. The molecule has 4 heteroatoms. The molecule has 116 valence electrons. The molecule has 3 atom stereocenters. The minimum Gasteiger partial charge on any atom is -0.390 e. The van der Waals surface area contributed by atoms with Crippen molar-refractivity contribution >= 4 is 0 Å². The van der Waals surface area contributed by atoms with Gasteiger partial charge in [0.25, 0.3) is 0 Å². The number of hydrogen-bond donors (Lipinski definition) is 1. The van der Waals surface area contributed by atoms with Crippen molar-refractivity contribution in [2.24, 2.45) is 5.92 Å². The predicted molar refractivity (Wildman–Crippen MR) is 77.7 cm³/mol. The zero-order chi connectivity index (χ0) is 14.2. The number of rotatable bonds is 3. The molecule has 3 unspecified atom stereocenters. The second-order valence-electron chi connectivity index (χ2n) is 7.13. The molecule has 2 saturated heterocycles. The van der Waals surface area contributed by atoms with Gasteiger partial charge in [0.15, 0.2) is 0 Å². The van der Waals surface area contributed by atoms with Gasteiger partial charge in [0.1, 0.15) is 0 Å². The number of ether oxygens (including phenoxy) is 2. The molecule has 1 aliphatic carbocycles. The zero-order valence-electron chi connectivity index (χ0n) is 12.9. The summed E-state index contributed by atoms with van der Waals surface area (Å²) in [6.45, 7) is 7.83. The number of aliphatic hydroxyl groups excluding tert-OH is 1. The molecule has 0 aromatic rings. The van der Waals surface area contributed by atoms with Crippen molar-refractivity contribution < 1.29 is 14.6 Å². The van der Waals surface area contributed by atoms with E-state index in [0.717, 1.165) is 39.1 Å². The molecular formula is C16H29NO3. The molecule has 0 aromatic heterocycles. The fraction of sp³-hybridized carbons (Fsp3) is 1.00. The van der Waals surface area contributed by atoms with Gasteiger partial charge in [-0.1, -0.05) is 0 Å². The van der Waals surface area contributed by atoms with Gasteiger partial charge < -0.3 is 14.6 Å². The summed E-state index contributed by atoms with van der Waals surface area (Å²) < 4.78 is 11.8. The lowest BCUT2D eigenvalue weighted by molar-refractivity contribution is -0.177. The van der Waals surface area contributed by atoms with E-state index >= 15 is 0 Å². The minimum atomic E-state index is -0.335. The average molecular weight is 283 g/mol. The van der Waals surface area contributed by atoms with Crippen LogP contribution in [0.25, 0.3) is 0 Å². The van der Waals surface area contributed by atoms with Gasteiger partial charge in [0, 0.05) is 25.7 Å². The molecule has 20 heavy (non-hydrogen) atoms. The Morgan fingerprint density at radius 3 is 2.70 bits per heavy atom. The lowest BCUT2D eigenvalue weighted by Crippen LogP contribution is -2.54. The van der Waals surface area contributed by atoms with Crippen molar-refractivity contribution in [1.29, 1.82) is 0 Å². The van der Waals surface area contributed by atoms with Gasteiger partial charge in [-0.25, -0.2) is 0 Å². The first kappa shape index (κ1) is 14.8. The first-order valence-corrected chi connectivity index (χ1v) is 8.27. The van der Waals surface area contributed by atoms with E-state index in [9.17, 15) is 5.11 Å². The van der Waals surface area contributed by atoms with E-state index in [1.807, 2.05) is 0 Å². The molecular weight excluding hydrogens is 254 g/mol.